The van der Waals surface area contributed by atoms with Crippen molar-refractivity contribution in [2.24, 2.45) is 0 Å². The fourth-order valence-corrected chi connectivity index (χ4v) is 3.30. The van der Waals surface area contributed by atoms with Gasteiger partial charge < -0.3 is 9.64 Å². The first-order valence-corrected chi connectivity index (χ1v) is 9.11. The molecule has 24 heavy (non-hydrogen) atoms. The summed E-state index contributed by atoms with van der Waals surface area (Å²) in [6, 6.07) is 11.2. The first-order chi connectivity index (χ1) is 11.3. The Kier molecular flexibility index (Phi) is 6.27. The predicted molar refractivity (Wildman–Crippen MR) is 98.0 cm³/mol. The summed E-state index contributed by atoms with van der Waals surface area (Å²) in [6.07, 6.45) is 1.80. The number of nitrogens with zero attached hydrogens (tertiary/aromatic N) is 2. The molecule has 2 rings (SSSR count). The van der Waals surface area contributed by atoms with Crippen molar-refractivity contribution in [1.29, 1.82) is 0 Å². The van der Waals surface area contributed by atoms with E-state index in [4.69, 9.17) is 4.74 Å². The molecule has 4 nitrogen and oxygen atoms in total. The average Bonchev–Trinajstić information content (AvgIpc) is 2.53. The smallest absolute Gasteiger partial charge is 0.410 e. The summed E-state index contributed by atoms with van der Waals surface area (Å²) in [5, 5.41) is 0. The number of ether oxygens (including phenoxy) is 1. The molecule has 0 spiro atoms. The zero-order valence-electron chi connectivity index (χ0n) is 15.8. The van der Waals surface area contributed by atoms with Crippen LogP contribution >= 0.6 is 0 Å². The Morgan fingerprint density at radius 3 is 2.25 bits per heavy atom. The van der Waals surface area contributed by atoms with Gasteiger partial charge in [-0.25, -0.2) is 4.79 Å². The summed E-state index contributed by atoms with van der Waals surface area (Å²) < 4.78 is 5.62. The maximum Gasteiger partial charge on any atom is 0.410 e. The predicted octanol–water partition coefficient (Wildman–Crippen LogP) is 4.30. The van der Waals surface area contributed by atoms with Crippen molar-refractivity contribution in [3.63, 3.8) is 0 Å². The van der Waals surface area contributed by atoms with Gasteiger partial charge in [0.1, 0.15) is 5.60 Å². The van der Waals surface area contributed by atoms with E-state index in [9.17, 15) is 4.79 Å². The highest BCUT2D eigenvalue weighted by molar-refractivity contribution is 5.68. The van der Waals surface area contributed by atoms with Crippen molar-refractivity contribution in [3.8, 4) is 0 Å². The molecule has 0 unspecified atom stereocenters. The summed E-state index contributed by atoms with van der Waals surface area (Å²) in [4.78, 5) is 17.1. The summed E-state index contributed by atoms with van der Waals surface area (Å²) in [5.74, 6) is 0. The molecule has 1 saturated heterocycles. The second-order valence-electron chi connectivity index (χ2n) is 7.67. The molecule has 1 aliphatic heterocycles. The van der Waals surface area contributed by atoms with Crippen molar-refractivity contribution >= 4 is 6.09 Å². The van der Waals surface area contributed by atoms with Gasteiger partial charge in [-0.3, -0.25) is 4.90 Å². The molecule has 1 aliphatic rings. The number of carbonyl (C=O) groups excluding carboxylic acids is 1. The molecule has 0 bridgehead atoms. The normalized spacial score (nSPS) is 22.5. The Morgan fingerprint density at radius 2 is 1.71 bits per heavy atom. The van der Waals surface area contributed by atoms with Crippen molar-refractivity contribution < 1.29 is 9.53 Å². The maximum absolute atomic E-state index is 12.6. The number of piperazine rings is 1. The lowest BCUT2D eigenvalue weighted by molar-refractivity contribution is -0.0192. The van der Waals surface area contributed by atoms with Crippen LogP contribution in [0.1, 0.15) is 53.0 Å². The van der Waals surface area contributed by atoms with Crippen LogP contribution in [-0.2, 0) is 11.3 Å². The molecule has 0 radical (unpaired) electrons. The van der Waals surface area contributed by atoms with Gasteiger partial charge in [-0.1, -0.05) is 44.2 Å². The van der Waals surface area contributed by atoms with Crippen LogP contribution in [-0.4, -0.2) is 46.7 Å². The molecule has 2 atom stereocenters. The molecule has 1 amide bonds. The largest absolute Gasteiger partial charge is 0.444 e. The number of hydrogen-bond acceptors (Lipinski definition) is 3. The van der Waals surface area contributed by atoms with Gasteiger partial charge in [0.25, 0.3) is 0 Å². The third kappa shape index (κ3) is 4.97. The van der Waals surface area contributed by atoms with E-state index in [2.05, 4.69) is 49.1 Å². The first kappa shape index (κ1) is 18.8. The summed E-state index contributed by atoms with van der Waals surface area (Å²) >= 11 is 0. The van der Waals surface area contributed by atoms with Crippen LogP contribution in [0.4, 0.5) is 4.79 Å². The van der Waals surface area contributed by atoms with Gasteiger partial charge in [0.15, 0.2) is 0 Å². The van der Waals surface area contributed by atoms with Gasteiger partial charge >= 0.3 is 6.09 Å². The van der Waals surface area contributed by atoms with Crippen LogP contribution in [0.2, 0.25) is 0 Å². The monoisotopic (exact) mass is 332 g/mol. The van der Waals surface area contributed by atoms with Gasteiger partial charge in [0.05, 0.1) is 0 Å². The minimum absolute atomic E-state index is 0.174. The number of hydrogen-bond donors (Lipinski definition) is 0. The molecule has 0 aromatic heterocycles. The molecular formula is C20H32N2O2. The summed E-state index contributed by atoms with van der Waals surface area (Å²) in [7, 11) is 0. The second kappa shape index (κ2) is 8.02. The minimum atomic E-state index is -0.446. The Morgan fingerprint density at radius 1 is 1.08 bits per heavy atom. The van der Waals surface area contributed by atoms with E-state index < -0.39 is 5.60 Å². The van der Waals surface area contributed by atoms with Crippen molar-refractivity contribution in [2.45, 2.75) is 71.7 Å². The van der Waals surface area contributed by atoms with E-state index in [0.29, 0.717) is 6.04 Å². The Labute approximate surface area is 146 Å². The van der Waals surface area contributed by atoms with Gasteiger partial charge in [-0.2, -0.15) is 0 Å². The van der Waals surface area contributed by atoms with E-state index in [1.165, 1.54) is 5.56 Å². The van der Waals surface area contributed by atoms with Crippen LogP contribution < -0.4 is 0 Å². The zero-order valence-corrected chi connectivity index (χ0v) is 15.8. The topological polar surface area (TPSA) is 32.8 Å². The van der Waals surface area contributed by atoms with Gasteiger partial charge in [-0.15, -0.1) is 0 Å². The molecule has 1 fully saturated rings. The Bertz CT molecular complexity index is 524. The molecule has 0 saturated carbocycles. The SMILES string of the molecule is CC[C@@H]1CN(C(=O)OC(C)(C)C)[C@@H](CC)CN1Cc1ccccc1. The van der Waals surface area contributed by atoms with E-state index in [1.54, 1.807) is 0 Å². The van der Waals surface area contributed by atoms with Crippen molar-refractivity contribution in [2.75, 3.05) is 13.1 Å². The highest BCUT2D eigenvalue weighted by atomic mass is 16.6. The molecule has 1 aromatic rings. The average molecular weight is 332 g/mol. The fourth-order valence-electron chi connectivity index (χ4n) is 3.30. The quantitative estimate of drug-likeness (QED) is 0.824. The molecular weight excluding hydrogens is 300 g/mol. The van der Waals surface area contributed by atoms with E-state index >= 15 is 0 Å². The van der Waals surface area contributed by atoms with Crippen LogP contribution in [0.3, 0.4) is 0 Å². The van der Waals surface area contributed by atoms with Gasteiger partial charge in [-0.05, 0) is 39.2 Å². The van der Waals surface area contributed by atoms with Gasteiger partial charge in [0.2, 0.25) is 0 Å². The third-order valence-corrected chi connectivity index (χ3v) is 4.61. The van der Waals surface area contributed by atoms with E-state index in [1.807, 2.05) is 25.7 Å². The van der Waals surface area contributed by atoms with Crippen LogP contribution in [0.5, 0.6) is 0 Å². The highest BCUT2D eigenvalue weighted by Gasteiger charge is 2.36. The fraction of sp³-hybridized carbons (Fsp3) is 0.650. The van der Waals surface area contributed by atoms with Crippen LogP contribution in [0, 0.1) is 0 Å². The van der Waals surface area contributed by atoms with E-state index in [-0.39, 0.29) is 12.1 Å². The number of amides is 1. The van der Waals surface area contributed by atoms with Gasteiger partial charge in [0, 0.05) is 31.7 Å². The zero-order chi connectivity index (χ0) is 17.7. The first-order valence-electron chi connectivity index (χ1n) is 9.11. The van der Waals surface area contributed by atoms with Crippen molar-refractivity contribution in [3.05, 3.63) is 35.9 Å². The van der Waals surface area contributed by atoms with E-state index in [0.717, 1.165) is 32.5 Å². The Hall–Kier alpha value is -1.55. The highest BCUT2D eigenvalue weighted by Crippen LogP contribution is 2.24. The van der Waals surface area contributed by atoms with Crippen LogP contribution in [0.15, 0.2) is 30.3 Å². The Balaban J connectivity index is 2.09. The lowest BCUT2D eigenvalue weighted by Crippen LogP contribution is -2.59. The number of benzene rings is 1. The lowest BCUT2D eigenvalue weighted by atomic mass is 10.0. The molecule has 1 aromatic carbocycles. The molecule has 134 valence electrons. The van der Waals surface area contributed by atoms with Crippen molar-refractivity contribution in [1.82, 2.24) is 9.80 Å². The summed E-state index contributed by atoms with van der Waals surface area (Å²) in [6.45, 7) is 12.7. The molecule has 0 aliphatic carbocycles. The third-order valence-electron chi connectivity index (χ3n) is 4.61. The molecule has 0 N–H and O–H groups in total. The second-order valence-corrected chi connectivity index (χ2v) is 7.67. The standard InChI is InChI=1S/C20H32N2O2/c1-6-17-15-22(19(23)24-20(3,4)5)18(7-2)14-21(17)13-16-11-9-8-10-12-16/h8-12,17-18H,6-7,13-15H2,1-5H3/t17-,18+/m1/s1. The lowest BCUT2D eigenvalue weighted by Gasteiger charge is -2.46. The maximum atomic E-state index is 12.6. The number of rotatable bonds is 4. The minimum Gasteiger partial charge on any atom is -0.444 e. The van der Waals surface area contributed by atoms with Crippen LogP contribution in [0.25, 0.3) is 0 Å². The molecule has 4 heteroatoms. The number of carbonyl (C=O) groups is 1. The molecule has 1 heterocycles. The summed E-state index contributed by atoms with van der Waals surface area (Å²) in [5.41, 5.74) is 0.884.